The van der Waals surface area contributed by atoms with Crippen LogP contribution in [0.25, 0.3) is 0 Å². The van der Waals surface area contributed by atoms with Gasteiger partial charge in [0.05, 0.1) is 19.8 Å². The number of rotatable bonds is 7. The van der Waals surface area contributed by atoms with E-state index in [4.69, 9.17) is 9.57 Å². The summed E-state index contributed by atoms with van der Waals surface area (Å²) in [6.45, 7) is 0.997. The number of imide groups is 1. The molecule has 2 rings (SSSR count). The highest BCUT2D eigenvalue weighted by molar-refractivity contribution is 6.00. The fourth-order valence-corrected chi connectivity index (χ4v) is 2.16. The second kappa shape index (κ2) is 7.87. The summed E-state index contributed by atoms with van der Waals surface area (Å²) in [6, 6.07) is 9.19. The number of carbonyl (C=O) groups excluding carboxylic acids is 2. The SMILES string of the molecule is COCCN1C(=O)CCC(NOCc2ccccc2)C1=O. The third kappa shape index (κ3) is 4.35. The second-order valence-corrected chi connectivity index (χ2v) is 4.86. The number of piperidine rings is 1. The number of likely N-dealkylation sites (tertiary alicyclic amines) is 1. The molecule has 0 aromatic heterocycles. The number of amides is 2. The van der Waals surface area contributed by atoms with Crippen molar-refractivity contribution in [1.29, 1.82) is 0 Å². The van der Waals surface area contributed by atoms with Gasteiger partial charge in [-0.25, -0.2) is 0 Å². The van der Waals surface area contributed by atoms with E-state index >= 15 is 0 Å². The van der Waals surface area contributed by atoms with Crippen molar-refractivity contribution >= 4 is 11.8 Å². The smallest absolute Gasteiger partial charge is 0.248 e. The topological polar surface area (TPSA) is 67.9 Å². The monoisotopic (exact) mass is 292 g/mol. The Kier molecular flexibility index (Phi) is 5.86. The fourth-order valence-electron chi connectivity index (χ4n) is 2.16. The van der Waals surface area contributed by atoms with Crippen molar-refractivity contribution < 1.29 is 19.2 Å². The van der Waals surface area contributed by atoms with E-state index in [1.807, 2.05) is 30.3 Å². The zero-order valence-corrected chi connectivity index (χ0v) is 12.1. The molecular formula is C15H20N2O4. The summed E-state index contributed by atoms with van der Waals surface area (Å²) in [6.07, 6.45) is 0.789. The zero-order chi connectivity index (χ0) is 15.1. The Bertz CT molecular complexity index is 478. The van der Waals surface area contributed by atoms with Gasteiger partial charge in [0, 0.05) is 13.5 Å². The maximum Gasteiger partial charge on any atom is 0.248 e. The molecule has 6 heteroatoms. The number of carbonyl (C=O) groups is 2. The molecule has 0 spiro atoms. The summed E-state index contributed by atoms with van der Waals surface area (Å²) in [5, 5.41) is 0. The molecule has 1 aromatic carbocycles. The number of ether oxygens (including phenoxy) is 1. The molecule has 6 nitrogen and oxygen atoms in total. The Hall–Kier alpha value is -1.76. The van der Waals surface area contributed by atoms with E-state index < -0.39 is 6.04 Å². The number of nitrogens with one attached hydrogen (secondary N) is 1. The molecule has 0 bridgehead atoms. The number of hydrogen-bond acceptors (Lipinski definition) is 5. The Morgan fingerprint density at radius 3 is 2.76 bits per heavy atom. The molecule has 21 heavy (non-hydrogen) atoms. The Balaban J connectivity index is 1.82. The number of hydrogen-bond donors (Lipinski definition) is 1. The molecule has 1 fully saturated rings. The molecule has 0 aliphatic carbocycles. The molecular weight excluding hydrogens is 272 g/mol. The van der Waals surface area contributed by atoms with Crippen LogP contribution in [0.5, 0.6) is 0 Å². The first kappa shape index (κ1) is 15.6. The molecule has 114 valence electrons. The number of methoxy groups -OCH3 is 1. The Labute approximate surface area is 124 Å². The van der Waals surface area contributed by atoms with Gasteiger partial charge in [-0.2, -0.15) is 5.48 Å². The van der Waals surface area contributed by atoms with E-state index in [9.17, 15) is 9.59 Å². The lowest BCUT2D eigenvalue weighted by atomic mass is 10.1. The van der Waals surface area contributed by atoms with Crippen LogP contribution >= 0.6 is 0 Å². The van der Waals surface area contributed by atoms with Gasteiger partial charge in [0.2, 0.25) is 11.8 Å². The Morgan fingerprint density at radius 1 is 1.29 bits per heavy atom. The van der Waals surface area contributed by atoms with Crippen molar-refractivity contribution in [3.8, 4) is 0 Å². The second-order valence-electron chi connectivity index (χ2n) is 4.86. The van der Waals surface area contributed by atoms with Crippen LogP contribution in [0.3, 0.4) is 0 Å². The van der Waals surface area contributed by atoms with Gasteiger partial charge >= 0.3 is 0 Å². The predicted octanol–water partition coefficient (Wildman–Crippen LogP) is 0.872. The summed E-state index contributed by atoms with van der Waals surface area (Å²) < 4.78 is 4.92. The highest BCUT2D eigenvalue weighted by Gasteiger charge is 2.34. The molecule has 1 saturated heterocycles. The van der Waals surface area contributed by atoms with E-state index in [0.29, 0.717) is 26.1 Å². The highest BCUT2D eigenvalue weighted by atomic mass is 16.6. The highest BCUT2D eigenvalue weighted by Crippen LogP contribution is 2.13. The molecule has 1 aromatic rings. The van der Waals surface area contributed by atoms with Crippen LogP contribution in [0, 0.1) is 0 Å². The minimum absolute atomic E-state index is 0.154. The molecule has 1 aliphatic heterocycles. The van der Waals surface area contributed by atoms with Crippen LogP contribution < -0.4 is 5.48 Å². The minimum Gasteiger partial charge on any atom is -0.383 e. The van der Waals surface area contributed by atoms with Crippen LogP contribution in [0.2, 0.25) is 0 Å². The maximum atomic E-state index is 12.2. The molecule has 0 radical (unpaired) electrons. The average molecular weight is 292 g/mol. The van der Waals surface area contributed by atoms with Gasteiger partial charge in [-0.1, -0.05) is 30.3 Å². The third-order valence-corrected chi connectivity index (χ3v) is 3.34. The third-order valence-electron chi connectivity index (χ3n) is 3.34. The van der Waals surface area contributed by atoms with Crippen LogP contribution in [0.1, 0.15) is 18.4 Å². The average Bonchev–Trinajstić information content (AvgIpc) is 2.50. The van der Waals surface area contributed by atoms with E-state index in [-0.39, 0.29) is 18.4 Å². The standard InChI is InChI=1S/C15H20N2O4/c1-20-10-9-17-14(18)8-7-13(15(17)19)16-21-11-12-5-3-2-4-6-12/h2-6,13,16H,7-11H2,1H3. The van der Waals surface area contributed by atoms with E-state index in [2.05, 4.69) is 5.48 Å². The van der Waals surface area contributed by atoms with Gasteiger partial charge in [-0.3, -0.25) is 19.3 Å². The van der Waals surface area contributed by atoms with Crippen molar-refractivity contribution in [2.75, 3.05) is 20.3 Å². The largest absolute Gasteiger partial charge is 0.383 e. The van der Waals surface area contributed by atoms with Gasteiger partial charge in [0.1, 0.15) is 6.04 Å². The van der Waals surface area contributed by atoms with Crippen molar-refractivity contribution in [2.45, 2.75) is 25.5 Å². The minimum atomic E-state index is -0.483. The number of nitrogens with zero attached hydrogens (tertiary/aromatic N) is 1. The first-order valence-electron chi connectivity index (χ1n) is 6.96. The van der Waals surface area contributed by atoms with Gasteiger partial charge < -0.3 is 4.74 Å². The van der Waals surface area contributed by atoms with Gasteiger partial charge in [0.15, 0.2) is 0 Å². The quantitative estimate of drug-likeness (QED) is 0.596. The first-order valence-corrected chi connectivity index (χ1v) is 6.96. The molecule has 1 N–H and O–H groups in total. The van der Waals surface area contributed by atoms with Crippen LogP contribution in [-0.2, 0) is 25.8 Å². The van der Waals surface area contributed by atoms with Gasteiger partial charge in [-0.15, -0.1) is 0 Å². The summed E-state index contributed by atoms with van der Waals surface area (Å²) in [4.78, 5) is 30.5. The van der Waals surface area contributed by atoms with Crippen LogP contribution in [-0.4, -0.2) is 43.0 Å². The van der Waals surface area contributed by atoms with Crippen molar-refractivity contribution in [1.82, 2.24) is 10.4 Å². The summed E-state index contributed by atoms with van der Waals surface area (Å²) in [7, 11) is 1.54. The zero-order valence-electron chi connectivity index (χ0n) is 12.1. The molecule has 1 aliphatic rings. The number of benzene rings is 1. The van der Waals surface area contributed by atoms with E-state index in [0.717, 1.165) is 5.56 Å². The van der Waals surface area contributed by atoms with Crippen LogP contribution in [0.15, 0.2) is 30.3 Å². The molecule has 2 amide bonds. The van der Waals surface area contributed by atoms with E-state index in [1.165, 1.54) is 12.0 Å². The van der Waals surface area contributed by atoms with Crippen LogP contribution in [0.4, 0.5) is 0 Å². The number of hydroxylamine groups is 1. The molecule has 0 saturated carbocycles. The van der Waals surface area contributed by atoms with Crippen molar-refractivity contribution in [2.24, 2.45) is 0 Å². The summed E-state index contributed by atoms with van der Waals surface area (Å²) in [5.74, 6) is -0.408. The maximum absolute atomic E-state index is 12.2. The lowest BCUT2D eigenvalue weighted by molar-refractivity contribution is -0.154. The normalized spacial score (nSPS) is 19.1. The Morgan fingerprint density at radius 2 is 2.05 bits per heavy atom. The molecule has 1 atom stereocenters. The summed E-state index contributed by atoms with van der Waals surface area (Å²) in [5.41, 5.74) is 3.78. The lowest BCUT2D eigenvalue weighted by Crippen LogP contribution is -2.53. The van der Waals surface area contributed by atoms with Gasteiger partial charge in [0.25, 0.3) is 0 Å². The molecule has 1 unspecified atom stereocenters. The molecule has 1 heterocycles. The lowest BCUT2D eigenvalue weighted by Gasteiger charge is -2.30. The van der Waals surface area contributed by atoms with E-state index in [1.54, 1.807) is 0 Å². The predicted molar refractivity (Wildman–Crippen MR) is 76.0 cm³/mol. The van der Waals surface area contributed by atoms with Gasteiger partial charge in [-0.05, 0) is 12.0 Å². The van der Waals surface area contributed by atoms with Crippen molar-refractivity contribution in [3.05, 3.63) is 35.9 Å². The van der Waals surface area contributed by atoms with Crippen molar-refractivity contribution in [3.63, 3.8) is 0 Å². The summed E-state index contributed by atoms with van der Waals surface area (Å²) >= 11 is 0. The fraction of sp³-hybridized carbons (Fsp3) is 0.467. The first-order chi connectivity index (χ1) is 10.2.